The molecule has 0 N–H and O–H groups in total. The van der Waals surface area contributed by atoms with Crippen molar-refractivity contribution in [2.24, 2.45) is 0 Å². The van der Waals surface area contributed by atoms with Gasteiger partial charge in [-0.3, -0.25) is 0 Å². The summed E-state index contributed by atoms with van der Waals surface area (Å²) in [5.74, 6) is 0. The predicted octanol–water partition coefficient (Wildman–Crippen LogP) is 3.91. The fourth-order valence-corrected chi connectivity index (χ4v) is 1.57. The molecule has 0 aliphatic rings. The zero-order valence-electron chi connectivity index (χ0n) is 9.12. The molecular formula is C13H19O. The lowest BCUT2D eigenvalue weighted by Gasteiger charge is -2.07. The summed E-state index contributed by atoms with van der Waals surface area (Å²) >= 11 is 0. The second kappa shape index (κ2) is 5.82. The lowest BCUT2D eigenvalue weighted by atomic mass is 10.0. The van der Waals surface area contributed by atoms with E-state index >= 15 is 0 Å². The standard InChI is InChI=1S/C13H19O/c1-3-5-7-11-8-6-9-12(10-11)13(14)4-2/h6,8-10,13H,3-5,7H2,1-2H3. The Bertz CT molecular complexity index is 268. The third-order valence-corrected chi connectivity index (χ3v) is 2.51. The highest BCUT2D eigenvalue weighted by Crippen LogP contribution is 2.18. The van der Waals surface area contributed by atoms with Crippen LogP contribution in [-0.4, -0.2) is 0 Å². The van der Waals surface area contributed by atoms with Crippen LogP contribution in [0, 0.1) is 0 Å². The van der Waals surface area contributed by atoms with Crippen LogP contribution in [0.1, 0.15) is 50.3 Å². The number of rotatable bonds is 5. The van der Waals surface area contributed by atoms with Gasteiger partial charge in [0.15, 0.2) is 0 Å². The fraction of sp³-hybridized carbons (Fsp3) is 0.538. The molecule has 0 aliphatic heterocycles. The molecule has 0 bridgehead atoms. The fourth-order valence-electron chi connectivity index (χ4n) is 1.57. The zero-order chi connectivity index (χ0) is 10.4. The molecule has 14 heavy (non-hydrogen) atoms. The van der Waals surface area contributed by atoms with E-state index in [4.69, 9.17) is 0 Å². The van der Waals surface area contributed by atoms with Gasteiger partial charge in [-0.15, -0.1) is 0 Å². The van der Waals surface area contributed by atoms with Gasteiger partial charge in [0.25, 0.3) is 0 Å². The smallest absolute Gasteiger partial charge is 0.118 e. The van der Waals surface area contributed by atoms with Crippen molar-refractivity contribution in [3.63, 3.8) is 0 Å². The van der Waals surface area contributed by atoms with Crippen LogP contribution in [0.3, 0.4) is 0 Å². The van der Waals surface area contributed by atoms with Gasteiger partial charge in [-0.05, 0) is 30.4 Å². The molecule has 0 aromatic heterocycles. The van der Waals surface area contributed by atoms with Gasteiger partial charge in [0.1, 0.15) is 6.10 Å². The average molecular weight is 191 g/mol. The van der Waals surface area contributed by atoms with Gasteiger partial charge in [-0.2, -0.15) is 0 Å². The number of benzene rings is 1. The van der Waals surface area contributed by atoms with Crippen molar-refractivity contribution in [2.45, 2.75) is 45.6 Å². The third kappa shape index (κ3) is 3.15. The zero-order valence-corrected chi connectivity index (χ0v) is 9.12. The topological polar surface area (TPSA) is 19.9 Å². The third-order valence-electron chi connectivity index (χ3n) is 2.51. The highest BCUT2D eigenvalue weighted by Gasteiger charge is 2.06. The minimum atomic E-state index is -0.545. The molecule has 1 atom stereocenters. The van der Waals surface area contributed by atoms with Crippen LogP contribution in [0.25, 0.3) is 0 Å². The molecule has 0 heterocycles. The second-order valence-electron chi connectivity index (χ2n) is 3.75. The van der Waals surface area contributed by atoms with Crippen LogP contribution in [0.4, 0.5) is 0 Å². The number of unbranched alkanes of at least 4 members (excludes halogenated alkanes) is 1. The van der Waals surface area contributed by atoms with E-state index in [0.29, 0.717) is 6.42 Å². The molecule has 1 aromatic carbocycles. The maximum Gasteiger partial charge on any atom is 0.118 e. The first-order valence-corrected chi connectivity index (χ1v) is 5.52. The molecule has 1 aromatic rings. The summed E-state index contributed by atoms with van der Waals surface area (Å²) < 4.78 is 0. The van der Waals surface area contributed by atoms with Crippen LogP contribution < -0.4 is 0 Å². The van der Waals surface area contributed by atoms with E-state index in [2.05, 4.69) is 19.1 Å². The Labute approximate surface area is 86.8 Å². The number of hydrogen-bond acceptors (Lipinski definition) is 0. The van der Waals surface area contributed by atoms with Gasteiger partial charge in [-0.25, -0.2) is 5.11 Å². The number of aryl methyl sites for hydroxylation is 1. The summed E-state index contributed by atoms with van der Waals surface area (Å²) in [7, 11) is 0. The van der Waals surface area contributed by atoms with Gasteiger partial charge in [-0.1, -0.05) is 44.5 Å². The quantitative estimate of drug-likeness (QED) is 0.672. The molecule has 77 valence electrons. The van der Waals surface area contributed by atoms with Crippen molar-refractivity contribution in [3.8, 4) is 0 Å². The highest BCUT2D eigenvalue weighted by atomic mass is 16.3. The van der Waals surface area contributed by atoms with Crippen LogP contribution in [0.2, 0.25) is 0 Å². The molecule has 1 unspecified atom stereocenters. The Morgan fingerprint density at radius 3 is 2.71 bits per heavy atom. The van der Waals surface area contributed by atoms with Gasteiger partial charge < -0.3 is 0 Å². The summed E-state index contributed by atoms with van der Waals surface area (Å²) in [6.45, 7) is 4.13. The van der Waals surface area contributed by atoms with Crippen molar-refractivity contribution in [2.75, 3.05) is 0 Å². The van der Waals surface area contributed by atoms with Crippen molar-refractivity contribution in [1.82, 2.24) is 0 Å². The largest absolute Gasteiger partial charge is 0.228 e. The van der Waals surface area contributed by atoms with E-state index in [1.54, 1.807) is 0 Å². The molecule has 1 heteroatoms. The minimum absolute atomic E-state index is 0.545. The summed E-state index contributed by atoms with van der Waals surface area (Å²) in [4.78, 5) is 0. The molecule has 0 spiro atoms. The second-order valence-corrected chi connectivity index (χ2v) is 3.75. The van der Waals surface area contributed by atoms with Crippen LogP contribution in [0.15, 0.2) is 24.3 Å². The molecule has 0 fully saturated rings. The van der Waals surface area contributed by atoms with Gasteiger partial charge in [0.05, 0.1) is 0 Å². The van der Waals surface area contributed by atoms with Crippen molar-refractivity contribution >= 4 is 0 Å². The first kappa shape index (κ1) is 11.3. The van der Waals surface area contributed by atoms with Crippen LogP contribution >= 0.6 is 0 Å². The lowest BCUT2D eigenvalue weighted by molar-refractivity contribution is 0.0856. The Hall–Kier alpha value is -0.820. The van der Waals surface area contributed by atoms with Crippen molar-refractivity contribution in [3.05, 3.63) is 35.4 Å². The maximum atomic E-state index is 11.5. The molecular weight excluding hydrogens is 172 g/mol. The SMILES string of the molecule is CCCCc1cccc(C([O])CC)c1. The molecule has 1 nitrogen and oxygen atoms in total. The van der Waals surface area contributed by atoms with E-state index in [1.807, 2.05) is 19.1 Å². The van der Waals surface area contributed by atoms with E-state index in [1.165, 1.54) is 18.4 Å². The molecule has 0 saturated heterocycles. The Kier molecular flexibility index (Phi) is 4.68. The Morgan fingerprint density at radius 2 is 2.07 bits per heavy atom. The van der Waals surface area contributed by atoms with E-state index in [0.717, 1.165) is 12.0 Å². The Morgan fingerprint density at radius 1 is 1.29 bits per heavy atom. The minimum Gasteiger partial charge on any atom is -0.228 e. The summed E-state index contributed by atoms with van der Waals surface area (Å²) in [6.07, 6.45) is 3.65. The van der Waals surface area contributed by atoms with Crippen LogP contribution in [-0.2, 0) is 11.5 Å². The van der Waals surface area contributed by atoms with E-state index < -0.39 is 6.10 Å². The summed E-state index contributed by atoms with van der Waals surface area (Å²) in [6, 6.07) is 8.12. The first-order chi connectivity index (χ1) is 6.77. The Balaban J connectivity index is 2.68. The summed E-state index contributed by atoms with van der Waals surface area (Å²) in [5.41, 5.74) is 2.25. The lowest BCUT2D eigenvalue weighted by Crippen LogP contribution is -1.94. The maximum absolute atomic E-state index is 11.5. The number of hydrogen-bond donors (Lipinski definition) is 0. The average Bonchev–Trinajstić information content (AvgIpc) is 2.25. The first-order valence-electron chi connectivity index (χ1n) is 5.52. The predicted molar refractivity (Wildman–Crippen MR) is 58.8 cm³/mol. The molecule has 0 aliphatic carbocycles. The molecule has 0 saturated carbocycles. The van der Waals surface area contributed by atoms with Crippen LogP contribution in [0.5, 0.6) is 0 Å². The van der Waals surface area contributed by atoms with Gasteiger partial charge >= 0.3 is 0 Å². The monoisotopic (exact) mass is 191 g/mol. The highest BCUT2D eigenvalue weighted by molar-refractivity contribution is 5.25. The summed E-state index contributed by atoms with van der Waals surface area (Å²) in [5, 5.41) is 11.5. The van der Waals surface area contributed by atoms with E-state index in [-0.39, 0.29) is 0 Å². The molecule has 1 rings (SSSR count). The van der Waals surface area contributed by atoms with E-state index in [9.17, 15) is 5.11 Å². The van der Waals surface area contributed by atoms with Crippen molar-refractivity contribution in [1.29, 1.82) is 0 Å². The van der Waals surface area contributed by atoms with Crippen molar-refractivity contribution < 1.29 is 5.11 Å². The molecule has 1 radical (unpaired) electrons. The molecule has 0 amide bonds. The van der Waals surface area contributed by atoms with Gasteiger partial charge in [0, 0.05) is 0 Å². The normalized spacial score (nSPS) is 12.8. The van der Waals surface area contributed by atoms with Gasteiger partial charge in [0.2, 0.25) is 0 Å².